The Bertz CT molecular complexity index is 676. The largest absolute Gasteiger partial charge is 0.373 e. The second-order valence-corrected chi connectivity index (χ2v) is 6.34. The molecule has 1 saturated heterocycles. The first-order valence-corrected chi connectivity index (χ1v) is 8.21. The minimum absolute atomic E-state index is 0.0852. The highest BCUT2D eigenvalue weighted by Gasteiger charge is 2.33. The van der Waals surface area contributed by atoms with E-state index >= 15 is 0 Å². The maximum Gasteiger partial charge on any atom is 0.247 e. The van der Waals surface area contributed by atoms with Crippen molar-refractivity contribution in [2.45, 2.75) is 39.0 Å². The van der Waals surface area contributed by atoms with Crippen LogP contribution in [0.2, 0.25) is 0 Å². The molecule has 0 saturated carbocycles. The molecular weight excluding hydrogens is 306 g/mol. The smallest absolute Gasteiger partial charge is 0.247 e. The molecule has 0 spiro atoms. The van der Waals surface area contributed by atoms with Gasteiger partial charge >= 0.3 is 0 Å². The summed E-state index contributed by atoms with van der Waals surface area (Å²) < 4.78 is 10.8. The second kappa shape index (κ2) is 7.15. The van der Waals surface area contributed by atoms with Crippen molar-refractivity contribution in [3.63, 3.8) is 0 Å². The summed E-state index contributed by atoms with van der Waals surface area (Å²) >= 11 is 0. The number of nitrogens with zero attached hydrogens (tertiary/aromatic N) is 2. The molecule has 1 amide bonds. The third kappa shape index (κ3) is 3.83. The van der Waals surface area contributed by atoms with Crippen LogP contribution in [0.5, 0.6) is 0 Å². The number of hydrogen-bond donors (Lipinski definition) is 1. The Labute approximate surface area is 141 Å². The van der Waals surface area contributed by atoms with Gasteiger partial charge in [0.15, 0.2) is 5.82 Å². The Kier molecular flexibility index (Phi) is 4.97. The van der Waals surface area contributed by atoms with Gasteiger partial charge in [0, 0.05) is 19.2 Å². The van der Waals surface area contributed by atoms with Gasteiger partial charge in [-0.25, -0.2) is 0 Å². The zero-order valence-electron chi connectivity index (χ0n) is 14.2. The van der Waals surface area contributed by atoms with Gasteiger partial charge in [-0.05, 0) is 26.3 Å². The highest BCUT2D eigenvalue weighted by molar-refractivity contribution is 5.94. The highest BCUT2D eigenvalue weighted by Crippen LogP contribution is 2.26. The molecule has 6 heteroatoms. The number of aryl methyl sites for hydroxylation is 1. The van der Waals surface area contributed by atoms with E-state index < -0.39 is 6.04 Å². The molecule has 0 bridgehead atoms. The quantitative estimate of drug-likeness (QED) is 0.934. The first-order valence-electron chi connectivity index (χ1n) is 8.21. The average Bonchev–Trinajstić information content (AvgIpc) is 2.92. The van der Waals surface area contributed by atoms with E-state index in [9.17, 15) is 4.79 Å². The molecule has 6 nitrogen and oxygen atoms in total. The van der Waals surface area contributed by atoms with Gasteiger partial charge in [0.25, 0.3) is 0 Å². The number of anilines is 1. The van der Waals surface area contributed by atoms with Crippen LogP contribution in [0, 0.1) is 6.92 Å². The van der Waals surface area contributed by atoms with Gasteiger partial charge < -0.3 is 14.6 Å². The van der Waals surface area contributed by atoms with Crippen LogP contribution in [-0.2, 0) is 9.53 Å². The van der Waals surface area contributed by atoms with Gasteiger partial charge in [-0.3, -0.25) is 9.69 Å². The molecule has 1 aromatic heterocycles. The molecule has 128 valence electrons. The van der Waals surface area contributed by atoms with Crippen LogP contribution in [0.15, 0.2) is 40.9 Å². The van der Waals surface area contributed by atoms with Crippen molar-refractivity contribution in [1.82, 2.24) is 10.1 Å². The summed E-state index contributed by atoms with van der Waals surface area (Å²) in [6, 6.07) is 11.1. The number of hydrogen-bond acceptors (Lipinski definition) is 5. The van der Waals surface area contributed by atoms with Crippen molar-refractivity contribution in [2.75, 3.05) is 18.4 Å². The highest BCUT2D eigenvalue weighted by atomic mass is 16.5. The Morgan fingerprint density at radius 3 is 2.50 bits per heavy atom. The lowest BCUT2D eigenvalue weighted by Crippen LogP contribution is -2.49. The number of aromatic nitrogens is 1. The van der Waals surface area contributed by atoms with Crippen molar-refractivity contribution in [2.24, 2.45) is 0 Å². The SMILES string of the molecule is Cc1cc(NC(=O)C(c2ccccc2)N2CC(C)OC(C)C2)no1. The minimum Gasteiger partial charge on any atom is -0.373 e. The molecule has 3 unspecified atom stereocenters. The molecule has 24 heavy (non-hydrogen) atoms. The van der Waals surface area contributed by atoms with E-state index in [1.165, 1.54) is 0 Å². The van der Waals surface area contributed by atoms with Crippen molar-refractivity contribution in [3.05, 3.63) is 47.7 Å². The van der Waals surface area contributed by atoms with Crippen molar-refractivity contribution >= 4 is 11.7 Å². The zero-order chi connectivity index (χ0) is 17.1. The van der Waals surface area contributed by atoms with E-state index in [1.807, 2.05) is 44.2 Å². The lowest BCUT2D eigenvalue weighted by atomic mass is 10.0. The maximum absolute atomic E-state index is 13.0. The Hall–Kier alpha value is -2.18. The second-order valence-electron chi connectivity index (χ2n) is 6.34. The molecule has 0 radical (unpaired) electrons. The molecule has 1 N–H and O–H groups in total. The standard InChI is InChI=1S/C18H23N3O3/c1-12-9-16(20-24-12)19-18(22)17(15-7-5-4-6-8-15)21-10-13(2)23-14(3)11-21/h4-9,13-14,17H,10-11H2,1-3H3,(H,19,20,22). The van der Waals surface area contributed by atoms with Crippen LogP contribution in [0.3, 0.4) is 0 Å². The van der Waals surface area contributed by atoms with E-state index in [0.29, 0.717) is 24.7 Å². The molecule has 1 aliphatic heterocycles. The summed E-state index contributed by atoms with van der Waals surface area (Å²) in [5.41, 5.74) is 0.955. The van der Waals surface area contributed by atoms with E-state index in [4.69, 9.17) is 9.26 Å². The Morgan fingerprint density at radius 2 is 1.92 bits per heavy atom. The summed E-state index contributed by atoms with van der Waals surface area (Å²) in [6.07, 6.45) is 0.170. The number of ether oxygens (including phenoxy) is 1. The van der Waals surface area contributed by atoms with Gasteiger partial charge in [0.05, 0.1) is 12.2 Å². The Morgan fingerprint density at radius 1 is 1.25 bits per heavy atom. The van der Waals surface area contributed by atoms with Crippen LogP contribution in [-0.4, -0.2) is 41.3 Å². The van der Waals surface area contributed by atoms with Gasteiger partial charge in [0.1, 0.15) is 11.8 Å². The Balaban J connectivity index is 1.85. The van der Waals surface area contributed by atoms with E-state index in [0.717, 1.165) is 5.56 Å². The van der Waals surface area contributed by atoms with Gasteiger partial charge in [0.2, 0.25) is 5.91 Å². The van der Waals surface area contributed by atoms with Crippen LogP contribution < -0.4 is 5.32 Å². The molecule has 2 aromatic rings. The number of carbonyl (C=O) groups is 1. The number of nitrogens with one attached hydrogen (secondary N) is 1. The molecule has 1 aromatic carbocycles. The fraction of sp³-hybridized carbons (Fsp3) is 0.444. The molecule has 3 rings (SSSR count). The maximum atomic E-state index is 13.0. The number of carbonyl (C=O) groups excluding carboxylic acids is 1. The van der Waals surface area contributed by atoms with Crippen molar-refractivity contribution in [3.8, 4) is 0 Å². The number of benzene rings is 1. The van der Waals surface area contributed by atoms with Crippen LogP contribution >= 0.6 is 0 Å². The lowest BCUT2D eigenvalue weighted by Gasteiger charge is -2.39. The third-order valence-electron chi connectivity index (χ3n) is 4.06. The first-order chi connectivity index (χ1) is 11.5. The zero-order valence-corrected chi connectivity index (χ0v) is 14.2. The van der Waals surface area contributed by atoms with Gasteiger partial charge in [-0.1, -0.05) is 35.5 Å². The number of amides is 1. The summed E-state index contributed by atoms with van der Waals surface area (Å²) in [4.78, 5) is 15.1. The predicted octanol–water partition coefficient (Wildman–Crippen LogP) is 2.77. The van der Waals surface area contributed by atoms with Crippen LogP contribution in [0.25, 0.3) is 0 Å². The normalized spacial score (nSPS) is 23.0. The van der Waals surface area contributed by atoms with E-state index in [1.54, 1.807) is 13.0 Å². The summed E-state index contributed by atoms with van der Waals surface area (Å²) in [7, 11) is 0. The van der Waals surface area contributed by atoms with E-state index in [2.05, 4.69) is 15.4 Å². The van der Waals surface area contributed by atoms with Crippen molar-refractivity contribution in [1.29, 1.82) is 0 Å². The van der Waals surface area contributed by atoms with Gasteiger partial charge in [-0.2, -0.15) is 0 Å². The molecule has 3 atom stereocenters. The fourth-order valence-electron chi connectivity index (χ4n) is 3.21. The average molecular weight is 329 g/mol. The number of rotatable bonds is 4. The minimum atomic E-state index is -0.392. The van der Waals surface area contributed by atoms with Crippen LogP contribution in [0.1, 0.15) is 31.2 Å². The van der Waals surface area contributed by atoms with Crippen molar-refractivity contribution < 1.29 is 14.1 Å². The first kappa shape index (κ1) is 16.7. The summed E-state index contributed by atoms with van der Waals surface area (Å²) in [5.74, 6) is 0.985. The van der Waals surface area contributed by atoms with E-state index in [-0.39, 0.29) is 18.1 Å². The molecule has 0 aliphatic carbocycles. The lowest BCUT2D eigenvalue weighted by molar-refractivity contribution is -0.128. The summed E-state index contributed by atoms with van der Waals surface area (Å²) in [6.45, 7) is 7.26. The molecule has 2 heterocycles. The topological polar surface area (TPSA) is 67.6 Å². The van der Waals surface area contributed by atoms with Gasteiger partial charge in [-0.15, -0.1) is 0 Å². The summed E-state index contributed by atoms with van der Waals surface area (Å²) in [5, 5.41) is 6.72. The predicted molar refractivity (Wildman–Crippen MR) is 90.6 cm³/mol. The molecule has 1 aliphatic rings. The molecule has 1 fully saturated rings. The third-order valence-corrected chi connectivity index (χ3v) is 4.06. The monoisotopic (exact) mass is 329 g/mol. The van der Waals surface area contributed by atoms with Crippen LogP contribution in [0.4, 0.5) is 5.82 Å². The fourth-order valence-corrected chi connectivity index (χ4v) is 3.21. The number of morpholine rings is 1. The molecular formula is C18H23N3O3.